The largest absolute Gasteiger partial charge is 0.481 e. The average Bonchev–Trinajstić information content (AvgIpc) is 2.46. The summed E-state index contributed by atoms with van der Waals surface area (Å²) in [5, 5.41) is 11.3. The van der Waals surface area contributed by atoms with Gasteiger partial charge in [0.05, 0.1) is 10.8 Å². The number of carbonyl (C=O) groups excluding carboxylic acids is 1. The maximum atomic E-state index is 12.8. The second-order valence-electron chi connectivity index (χ2n) is 5.08. The van der Waals surface area contributed by atoms with Crippen LogP contribution in [0, 0.1) is 11.7 Å². The predicted molar refractivity (Wildman–Crippen MR) is 80.6 cm³/mol. The maximum absolute atomic E-state index is 12.8. The second-order valence-corrected chi connectivity index (χ2v) is 6.85. The van der Waals surface area contributed by atoms with E-state index >= 15 is 0 Å². The number of carboxylic acids is 1. The Hall–Kier alpha value is -2.00. The van der Waals surface area contributed by atoms with Crippen molar-refractivity contribution in [3.8, 4) is 0 Å². The molecular weight excluding hydrogens is 327 g/mol. The van der Waals surface area contributed by atoms with Crippen LogP contribution in [-0.2, 0) is 19.6 Å². The Labute approximate surface area is 133 Å². The van der Waals surface area contributed by atoms with Crippen LogP contribution in [0.25, 0.3) is 0 Å². The highest BCUT2D eigenvalue weighted by Gasteiger charge is 2.21. The lowest BCUT2D eigenvalue weighted by Crippen LogP contribution is -2.41. The fourth-order valence-electron chi connectivity index (χ4n) is 1.66. The van der Waals surface area contributed by atoms with E-state index in [1.807, 2.05) is 0 Å². The van der Waals surface area contributed by atoms with Crippen molar-refractivity contribution in [2.24, 2.45) is 5.92 Å². The monoisotopic (exact) mass is 346 g/mol. The van der Waals surface area contributed by atoms with E-state index in [2.05, 4.69) is 10.0 Å². The molecule has 0 bridgehead atoms. The van der Waals surface area contributed by atoms with Gasteiger partial charge in [-0.2, -0.15) is 0 Å². The molecule has 0 aliphatic carbocycles. The van der Waals surface area contributed by atoms with Crippen molar-refractivity contribution in [3.05, 3.63) is 30.1 Å². The van der Waals surface area contributed by atoms with E-state index in [0.29, 0.717) is 0 Å². The number of hydrogen-bond acceptors (Lipinski definition) is 4. The Balaban J connectivity index is 2.48. The molecular formula is C14H19FN2O5S. The van der Waals surface area contributed by atoms with Crippen LogP contribution in [0.3, 0.4) is 0 Å². The Kier molecular flexibility index (Phi) is 6.64. The fourth-order valence-corrected chi connectivity index (χ4v) is 2.69. The topological polar surface area (TPSA) is 113 Å². The zero-order valence-electron chi connectivity index (χ0n) is 12.7. The molecule has 9 heteroatoms. The van der Waals surface area contributed by atoms with Gasteiger partial charge in [0.1, 0.15) is 5.82 Å². The van der Waals surface area contributed by atoms with Crippen molar-refractivity contribution in [1.82, 2.24) is 10.0 Å². The van der Waals surface area contributed by atoms with Crippen LogP contribution in [0.4, 0.5) is 4.39 Å². The van der Waals surface area contributed by atoms with Crippen LogP contribution in [0.15, 0.2) is 29.2 Å². The Morgan fingerprint density at radius 2 is 1.78 bits per heavy atom. The van der Waals surface area contributed by atoms with Gasteiger partial charge in [-0.3, -0.25) is 9.59 Å². The zero-order chi connectivity index (χ0) is 17.6. The number of hydrogen-bond donors (Lipinski definition) is 3. The first-order valence-corrected chi connectivity index (χ1v) is 8.39. The number of sulfonamides is 1. The molecule has 7 nitrogen and oxygen atoms in total. The average molecular weight is 346 g/mol. The minimum Gasteiger partial charge on any atom is -0.481 e. The van der Waals surface area contributed by atoms with E-state index in [1.165, 1.54) is 6.92 Å². The molecule has 2 unspecified atom stereocenters. The molecule has 0 saturated carbocycles. The third kappa shape index (κ3) is 5.95. The summed E-state index contributed by atoms with van der Waals surface area (Å²) in [6.07, 6.45) is -0.142. The lowest BCUT2D eigenvalue weighted by atomic mass is 10.0. The number of carboxylic acid groups (broad SMARTS) is 1. The highest BCUT2D eigenvalue weighted by atomic mass is 32.2. The molecule has 0 radical (unpaired) electrons. The van der Waals surface area contributed by atoms with Gasteiger partial charge in [0.15, 0.2) is 0 Å². The van der Waals surface area contributed by atoms with Gasteiger partial charge in [-0.15, -0.1) is 0 Å². The third-order valence-electron chi connectivity index (χ3n) is 3.30. The molecule has 1 amide bonds. The number of amides is 1. The van der Waals surface area contributed by atoms with E-state index in [-0.39, 0.29) is 17.9 Å². The minimum atomic E-state index is -3.82. The molecule has 1 aromatic carbocycles. The molecule has 1 aromatic rings. The zero-order valence-corrected chi connectivity index (χ0v) is 13.6. The predicted octanol–water partition coefficient (Wildman–Crippen LogP) is 0.719. The Morgan fingerprint density at radius 1 is 1.22 bits per heavy atom. The molecule has 0 aliphatic rings. The molecule has 0 saturated heterocycles. The van der Waals surface area contributed by atoms with Gasteiger partial charge in [-0.1, -0.05) is 0 Å². The highest BCUT2D eigenvalue weighted by Crippen LogP contribution is 2.09. The minimum absolute atomic E-state index is 0.104. The normalized spacial score (nSPS) is 14.0. The standard InChI is InChI=1S/C14H19FN2O5S/c1-9(14(19)20)10(2)17-13(18)7-8-16-23(21,22)12-5-3-11(15)4-6-12/h3-6,9-10,16H,7-8H2,1-2H3,(H,17,18)(H,19,20). The summed E-state index contributed by atoms with van der Waals surface area (Å²) < 4.78 is 38.8. The summed E-state index contributed by atoms with van der Waals surface area (Å²) in [5.74, 6) is -2.80. The van der Waals surface area contributed by atoms with Gasteiger partial charge in [0.2, 0.25) is 15.9 Å². The van der Waals surface area contributed by atoms with Crippen molar-refractivity contribution >= 4 is 21.9 Å². The number of halogens is 1. The molecule has 0 spiro atoms. The Morgan fingerprint density at radius 3 is 2.30 bits per heavy atom. The van der Waals surface area contributed by atoms with Gasteiger partial charge in [0.25, 0.3) is 0 Å². The summed E-state index contributed by atoms with van der Waals surface area (Å²) in [6.45, 7) is 2.86. The third-order valence-corrected chi connectivity index (χ3v) is 4.77. The maximum Gasteiger partial charge on any atom is 0.308 e. The second kappa shape index (κ2) is 8.02. The van der Waals surface area contributed by atoms with Crippen molar-refractivity contribution < 1.29 is 27.5 Å². The first-order chi connectivity index (χ1) is 10.6. The van der Waals surface area contributed by atoms with Crippen molar-refractivity contribution in [2.75, 3.05) is 6.54 Å². The number of rotatable bonds is 8. The molecule has 2 atom stereocenters. The summed E-state index contributed by atoms with van der Waals surface area (Å²) in [7, 11) is -3.82. The van der Waals surface area contributed by atoms with E-state index < -0.39 is 39.7 Å². The number of aliphatic carboxylic acids is 1. The van der Waals surface area contributed by atoms with Crippen molar-refractivity contribution in [1.29, 1.82) is 0 Å². The molecule has 128 valence electrons. The van der Waals surface area contributed by atoms with Crippen molar-refractivity contribution in [3.63, 3.8) is 0 Å². The molecule has 0 fully saturated rings. The lowest BCUT2D eigenvalue weighted by Gasteiger charge is -2.17. The van der Waals surface area contributed by atoms with Crippen LogP contribution >= 0.6 is 0 Å². The van der Waals surface area contributed by atoms with E-state index in [4.69, 9.17) is 5.11 Å². The first-order valence-electron chi connectivity index (χ1n) is 6.91. The van der Waals surface area contributed by atoms with Crippen LogP contribution in [0.5, 0.6) is 0 Å². The van der Waals surface area contributed by atoms with Crippen LogP contribution < -0.4 is 10.0 Å². The van der Waals surface area contributed by atoms with E-state index in [0.717, 1.165) is 24.3 Å². The number of nitrogens with one attached hydrogen (secondary N) is 2. The summed E-state index contributed by atoms with van der Waals surface area (Å²) in [5.41, 5.74) is 0. The van der Waals surface area contributed by atoms with Crippen molar-refractivity contribution in [2.45, 2.75) is 31.2 Å². The van der Waals surface area contributed by atoms with E-state index in [1.54, 1.807) is 6.92 Å². The molecule has 3 N–H and O–H groups in total. The van der Waals surface area contributed by atoms with Gasteiger partial charge >= 0.3 is 5.97 Å². The van der Waals surface area contributed by atoms with Crippen LogP contribution in [0.2, 0.25) is 0 Å². The summed E-state index contributed by atoms with van der Waals surface area (Å²) >= 11 is 0. The molecule has 23 heavy (non-hydrogen) atoms. The molecule has 0 aromatic heterocycles. The lowest BCUT2D eigenvalue weighted by molar-refractivity contribution is -0.142. The molecule has 0 heterocycles. The molecule has 1 rings (SSSR count). The van der Waals surface area contributed by atoms with Gasteiger partial charge in [-0.05, 0) is 38.1 Å². The summed E-state index contributed by atoms with van der Waals surface area (Å²) in [6, 6.07) is 3.71. The Bertz CT molecular complexity index is 660. The number of carbonyl (C=O) groups is 2. The first kappa shape index (κ1) is 19.0. The van der Waals surface area contributed by atoms with Gasteiger partial charge in [-0.25, -0.2) is 17.5 Å². The SMILES string of the molecule is CC(NC(=O)CCNS(=O)(=O)c1ccc(F)cc1)C(C)C(=O)O. The van der Waals surface area contributed by atoms with Gasteiger partial charge < -0.3 is 10.4 Å². The quantitative estimate of drug-likeness (QED) is 0.642. The summed E-state index contributed by atoms with van der Waals surface area (Å²) in [4.78, 5) is 22.3. The van der Waals surface area contributed by atoms with Crippen LogP contribution in [0.1, 0.15) is 20.3 Å². The molecule has 0 aliphatic heterocycles. The number of benzene rings is 1. The van der Waals surface area contributed by atoms with Crippen LogP contribution in [-0.4, -0.2) is 38.0 Å². The highest BCUT2D eigenvalue weighted by molar-refractivity contribution is 7.89. The van der Waals surface area contributed by atoms with E-state index in [9.17, 15) is 22.4 Å². The fraction of sp³-hybridized carbons (Fsp3) is 0.429. The van der Waals surface area contributed by atoms with Gasteiger partial charge in [0, 0.05) is 19.0 Å². The smallest absolute Gasteiger partial charge is 0.308 e.